The van der Waals surface area contributed by atoms with E-state index < -0.39 is 0 Å². The smallest absolute Gasteiger partial charge is 0.253 e. The van der Waals surface area contributed by atoms with Crippen LogP contribution in [0.15, 0.2) is 42.5 Å². The molecule has 1 heterocycles. The third kappa shape index (κ3) is 6.20. The SMILES string of the molecule is Cc1cccc(C(=O)N2CCCN(CCC(=O)Nc3cc(Cl)ccc3Cl)CC2)c1. The fourth-order valence-corrected chi connectivity index (χ4v) is 3.76. The Bertz CT molecular complexity index is 888. The van der Waals surface area contributed by atoms with Crippen molar-refractivity contribution >= 4 is 40.7 Å². The standard InChI is InChI=1S/C22H25Cl2N3O2/c1-16-4-2-5-17(14-16)22(29)27-10-3-9-26(12-13-27)11-8-21(28)25-20-15-18(23)6-7-19(20)24/h2,4-7,14-15H,3,8-13H2,1H3,(H,25,28). The van der Waals surface area contributed by atoms with Crippen LogP contribution in [0.1, 0.15) is 28.8 Å². The van der Waals surface area contributed by atoms with Gasteiger partial charge < -0.3 is 15.1 Å². The molecule has 1 saturated heterocycles. The van der Waals surface area contributed by atoms with Crippen molar-refractivity contribution in [1.29, 1.82) is 0 Å². The van der Waals surface area contributed by atoms with Crippen molar-refractivity contribution in [2.24, 2.45) is 0 Å². The Morgan fingerprint density at radius 2 is 1.86 bits per heavy atom. The van der Waals surface area contributed by atoms with Gasteiger partial charge in [0.1, 0.15) is 0 Å². The summed E-state index contributed by atoms with van der Waals surface area (Å²) in [6.07, 6.45) is 1.24. The Labute approximate surface area is 181 Å². The van der Waals surface area contributed by atoms with Crippen LogP contribution in [-0.4, -0.2) is 54.3 Å². The molecule has 1 fully saturated rings. The van der Waals surface area contributed by atoms with Gasteiger partial charge in [0.05, 0.1) is 10.7 Å². The number of aryl methyl sites for hydroxylation is 1. The third-order valence-electron chi connectivity index (χ3n) is 5.00. The second-order valence-electron chi connectivity index (χ2n) is 7.28. The molecule has 29 heavy (non-hydrogen) atoms. The lowest BCUT2D eigenvalue weighted by Gasteiger charge is -2.22. The number of nitrogens with zero attached hydrogens (tertiary/aromatic N) is 2. The van der Waals surface area contributed by atoms with Crippen molar-refractivity contribution in [3.05, 3.63) is 63.6 Å². The first-order valence-corrected chi connectivity index (χ1v) is 10.5. The Hall–Kier alpha value is -2.08. The van der Waals surface area contributed by atoms with E-state index >= 15 is 0 Å². The van der Waals surface area contributed by atoms with Crippen molar-refractivity contribution in [3.63, 3.8) is 0 Å². The largest absolute Gasteiger partial charge is 0.337 e. The zero-order valence-electron chi connectivity index (χ0n) is 16.5. The molecule has 1 aliphatic rings. The molecule has 1 N–H and O–H groups in total. The molecule has 0 aliphatic carbocycles. The molecule has 154 valence electrons. The molecule has 7 heteroatoms. The molecule has 0 spiro atoms. The van der Waals surface area contributed by atoms with Crippen LogP contribution in [0.3, 0.4) is 0 Å². The first-order chi connectivity index (χ1) is 13.9. The maximum atomic E-state index is 12.8. The Kier molecular flexibility index (Phi) is 7.53. The normalized spacial score (nSPS) is 15.1. The first-order valence-electron chi connectivity index (χ1n) is 9.75. The Morgan fingerprint density at radius 3 is 2.66 bits per heavy atom. The second-order valence-corrected chi connectivity index (χ2v) is 8.12. The topological polar surface area (TPSA) is 52.7 Å². The summed E-state index contributed by atoms with van der Waals surface area (Å²) in [5, 5.41) is 3.80. The quantitative estimate of drug-likeness (QED) is 0.755. The van der Waals surface area contributed by atoms with Crippen LogP contribution in [0.25, 0.3) is 0 Å². The summed E-state index contributed by atoms with van der Waals surface area (Å²) in [6, 6.07) is 12.7. The zero-order chi connectivity index (χ0) is 20.8. The number of carbonyl (C=O) groups is 2. The highest BCUT2D eigenvalue weighted by Gasteiger charge is 2.20. The molecule has 1 aliphatic heterocycles. The lowest BCUT2D eigenvalue weighted by Crippen LogP contribution is -2.36. The van der Waals surface area contributed by atoms with Crippen molar-refractivity contribution < 1.29 is 9.59 Å². The van der Waals surface area contributed by atoms with Crippen LogP contribution in [-0.2, 0) is 4.79 Å². The van der Waals surface area contributed by atoms with E-state index in [0.717, 1.165) is 37.2 Å². The minimum atomic E-state index is -0.105. The van der Waals surface area contributed by atoms with Gasteiger partial charge in [-0.05, 0) is 50.2 Å². The predicted molar refractivity (Wildman–Crippen MR) is 118 cm³/mol. The maximum absolute atomic E-state index is 12.8. The molecule has 0 bridgehead atoms. The molecular formula is C22H25Cl2N3O2. The van der Waals surface area contributed by atoms with Gasteiger partial charge in [0.25, 0.3) is 5.91 Å². The average molecular weight is 434 g/mol. The minimum absolute atomic E-state index is 0.0730. The number of carbonyl (C=O) groups excluding carboxylic acids is 2. The van der Waals surface area contributed by atoms with E-state index in [1.54, 1.807) is 18.2 Å². The highest BCUT2D eigenvalue weighted by Crippen LogP contribution is 2.25. The number of hydrogen-bond donors (Lipinski definition) is 1. The van der Waals surface area contributed by atoms with Gasteiger partial charge in [-0.3, -0.25) is 9.59 Å². The van der Waals surface area contributed by atoms with Gasteiger partial charge in [-0.2, -0.15) is 0 Å². The summed E-state index contributed by atoms with van der Waals surface area (Å²) in [5.41, 5.74) is 2.34. The van der Waals surface area contributed by atoms with Crippen molar-refractivity contribution in [1.82, 2.24) is 9.80 Å². The number of rotatable bonds is 5. The molecule has 2 amide bonds. The fourth-order valence-electron chi connectivity index (χ4n) is 3.42. The van der Waals surface area contributed by atoms with E-state index in [9.17, 15) is 9.59 Å². The van der Waals surface area contributed by atoms with Crippen molar-refractivity contribution in [2.45, 2.75) is 19.8 Å². The van der Waals surface area contributed by atoms with Crippen LogP contribution in [0.2, 0.25) is 10.0 Å². The third-order valence-corrected chi connectivity index (χ3v) is 5.56. The lowest BCUT2D eigenvalue weighted by atomic mass is 10.1. The van der Waals surface area contributed by atoms with Crippen molar-refractivity contribution in [2.75, 3.05) is 38.0 Å². The molecule has 2 aromatic carbocycles. The molecular weight excluding hydrogens is 409 g/mol. The van der Waals surface area contributed by atoms with Crippen LogP contribution in [0.5, 0.6) is 0 Å². The zero-order valence-corrected chi connectivity index (χ0v) is 18.0. The summed E-state index contributed by atoms with van der Waals surface area (Å²) in [7, 11) is 0. The van der Waals surface area contributed by atoms with Crippen LogP contribution < -0.4 is 5.32 Å². The van der Waals surface area contributed by atoms with E-state index in [-0.39, 0.29) is 11.8 Å². The summed E-state index contributed by atoms with van der Waals surface area (Å²) in [4.78, 5) is 29.2. The molecule has 0 aromatic heterocycles. The molecule has 0 saturated carbocycles. The number of hydrogen-bond acceptors (Lipinski definition) is 3. The van der Waals surface area contributed by atoms with Gasteiger partial charge in [0, 0.05) is 43.2 Å². The van der Waals surface area contributed by atoms with Gasteiger partial charge in [-0.15, -0.1) is 0 Å². The number of anilines is 1. The van der Waals surface area contributed by atoms with Crippen LogP contribution in [0.4, 0.5) is 5.69 Å². The Morgan fingerprint density at radius 1 is 1.03 bits per heavy atom. The maximum Gasteiger partial charge on any atom is 0.253 e. The molecule has 3 rings (SSSR count). The molecule has 2 aromatic rings. The number of halogens is 2. The van der Waals surface area contributed by atoms with E-state index in [4.69, 9.17) is 23.2 Å². The summed E-state index contributed by atoms with van der Waals surface area (Å²) < 4.78 is 0. The van der Waals surface area contributed by atoms with Gasteiger partial charge in [0.15, 0.2) is 0 Å². The molecule has 5 nitrogen and oxygen atoms in total. The van der Waals surface area contributed by atoms with Crippen molar-refractivity contribution in [3.8, 4) is 0 Å². The molecule has 0 radical (unpaired) electrons. The van der Waals surface area contributed by atoms with E-state index in [2.05, 4.69) is 10.2 Å². The van der Waals surface area contributed by atoms with E-state index in [1.807, 2.05) is 36.1 Å². The van der Waals surface area contributed by atoms with Gasteiger partial charge in [-0.25, -0.2) is 0 Å². The van der Waals surface area contributed by atoms with Gasteiger partial charge >= 0.3 is 0 Å². The van der Waals surface area contributed by atoms with Crippen LogP contribution in [0, 0.1) is 6.92 Å². The fraction of sp³-hybridized carbons (Fsp3) is 0.364. The lowest BCUT2D eigenvalue weighted by molar-refractivity contribution is -0.116. The van der Waals surface area contributed by atoms with Gasteiger partial charge in [-0.1, -0.05) is 40.9 Å². The molecule has 0 unspecified atom stereocenters. The van der Waals surface area contributed by atoms with Crippen LogP contribution >= 0.6 is 23.2 Å². The highest BCUT2D eigenvalue weighted by molar-refractivity contribution is 6.35. The van der Waals surface area contributed by atoms with E-state index in [1.165, 1.54) is 0 Å². The molecule has 0 atom stereocenters. The number of benzene rings is 2. The Balaban J connectivity index is 1.49. The highest BCUT2D eigenvalue weighted by atomic mass is 35.5. The average Bonchev–Trinajstić information content (AvgIpc) is 2.94. The number of nitrogens with one attached hydrogen (secondary N) is 1. The first kappa shape index (κ1) is 21.6. The monoisotopic (exact) mass is 433 g/mol. The van der Waals surface area contributed by atoms with E-state index in [0.29, 0.717) is 35.2 Å². The minimum Gasteiger partial charge on any atom is -0.337 e. The second kappa shape index (κ2) is 10.1. The summed E-state index contributed by atoms with van der Waals surface area (Å²) in [5.74, 6) is -0.0324. The summed E-state index contributed by atoms with van der Waals surface area (Å²) in [6.45, 7) is 5.63. The summed E-state index contributed by atoms with van der Waals surface area (Å²) >= 11 is 12.1. The number of amides is 2. The predicted octanol–water partition coefficient (Wildman–Crippen LogP) is 4.48. The van der Waals surface area contributed by atoms with Gasteiger partial charge in [0.2, 0.25) is 5.91 Å².